The molecule has 0 aromatic heterocycles. The number of nitriles is 1. The van der Waals surface area contributed by atoms with Crippen LogP contribution in [0.4, 0.5) is 0 Å². The van der Waals surface area contributed by atoms with Gasteiger partial charge in [0.1, 0.15) is 28.7 Å². The van der Waals surface area contributed by atoms with Crippen LogP contribution in [-0.2, 0) is 4.79 Å². The Kier molecular flexibility index (Phi) is 6.27. The van der Waals surface area contributed by atoms with Crippen LogP contribution in [0.15, 0.2) is 65.1 Å². The van der Waals surface area contributed by atoms with Crippen LogP contribution in [0.25, 0.3) is 0 Å². The number of carbonyl (C=O) groups is 2. The summed E-state index contributed by atoms with van der Waals surface area (Å²) in [5, 5.41) is 8.84. The highest BCUT2D eigenvalue weighted by Crippen LogP contribution is 2.34. The predicted molar refractivity (Wildman–Crippen MR) is 109 cm³/mol. The van der Waals surface area contributed by atoms with Gasteiger partial charge in [0.05, 0.1) is 21.7 Å². The van der Waals surface area contributed by atoms with Gasteiger partial charge in [-0.1, -0.05) is 0 Å². The fourth-order valence-electron chi connectivity index (χ4n) is 2.42. The van der Waals surface area contributed by atoms with Crippen molar-refractivity contribution in [3.8, 4) is 34.8 Å². The molecule has 0 radical (unpaired) electrons. The molecule has 0 aliphatic carbocycles. The lowest BCUT2D eigenvalue weighted by Gasteiger charge is -2.12. The summed E-state index contributed by atoms with van der Waals surface area (Å²) < 4.78 is 17.2. The number of halogens is 1. The van der Waals surface area contributed by atoms with E-state index in [4.69, 9.17) is 19.5 Å². The smallest absolute Gasteiger partial charge is 0.308 e. The van der Waals surface area contributed by atoms with E-state index in [2.05, 4.69) is 15.9 Å². The van der Waals surface area contributed by atoms with Crippen molar-refractivity contribution in [1.29, 1.82) is 5.26 Å². The van der Waals surface area contributed by atoms with Crippen LogP contribution in [0.5, 0.6) is 28.7 Å². The van der Waals surface area contributed by atoms with Crippen LogP contribution in [0.3, 0.4) is 0 Å². The molecular formula is C22H14BrNO5. The van der Waals surface area contributed by atoms with Crippen LogP contribution >= 0.6 is 15.9 Å². The first-order valence-corrected chi connectivity index (χ1v) is 9.21. The van der Waals surface area contributed by atoms with Gasteiger partial charge in [0, 0.05) is 13.0 Å². The van der Waals surface area contributed by atoms with E-state index in [1.807, 2.05) is 6.07 Å². The zero-order valence-electron chi connectivity index (χ0n) is 15.2. The van der Waals surface area contributed by atoms with Gasteiger partial charge < -0.3 is 14.2 Å². The summed E-state index contributed by atoms with van der Waals surface area (Å²) in [6, 6.07) is 18.4. The number of benzene rings is 3. The van der Waals surface area contributed by atoms with E-state index < -0.39 is 5.97 Å². The molecule has 3 rings (SSSR count). The second kappa shape index (κ2) is 9.04. The topological polar surface area (TPSA) is 85.6 Å². The lowest BCUT2D eigenvalue weighted by Crippen LogP contribution is -2.02. The molecular weight excluding hydrogens is 438 g/mol. The number of aldehydes is 1. The maximum absolute atomic E-state index is 11.5. The van der Waals surface area contributed by atoms with Gasteiger partial charge in [0.2, 0.25) is 0 Å². The van der Waals surface area contributed by atoms with Crippen molar-refractivity contribution in [3.05, 3.63) is 76.3 Å². The average molecular weight is 452 g/mol. The summed E-state index contributed by atoms with van der Waals surface area (Å²) in [5.74, 6) is 1.55. The first-order chi connectivity index (χ1) is 14.0. The van der Waals surface area contributed by atoms with Crippen molar-refractivity contribution in [2.75, 3.05) is 0 Å². The Morgan fingerprint density at radius 1 is 0.931 bits per heavy atom. The van der Waals surface area contributed by atoms with E-state index >= 15 is 0 Å². The molecule has 0 spiro atoms. The molecule has 0 heterocycles. The molecule has 0 aliphatic rings. The molecule has 0 fully saturated rings. The van der Waals surface area contributed by atoms with Crippen LogP contribution < -0.4 is 14.2 Å². The molecule has 0 bridgehead atoms. The number of carbonyl (C=O) groups excluding carboxylic acids is 2. The first kappa shape index (κ1) is 20.1. The third-order valence-electron chi connectivity index (χ3n) is 3.71. The SMILES string of the molecule is CC(=O)Oc1cc(Oc2ccc(Oc3ccc(C#N)cc3)cc2C=O)ccc1Br. The number of ether oxygens (including phenoxy) is 3. The summed E-state index contributed by atoms with van der Waals surface area (Å²) in [7, 11) is 0. The van der Waals surface area contributed by atoms with E-state index in [1.165, 1.54) is 6.92 Å². The molecule has 6 nitrogen and oxygen atoms in total. The Morgan fingerprint density at radius 3 is 2.24 bits per heavy atom. The third kappa shape index (κ3) is 5.21. The van der Waals surface area contributed by atoms with E-state index in [9.17, 15) is 9.59 Å². The quantitative estimate of drug-likeness (QED) is 0.273. The number of hydrogen-bond acceptors (Lipinski definition) is 6. The van der Waals surface area contributed by atoms with Crippen LogP contribution in [0, 0.1) is 11.3 Å². The second-order valence-electron chi connectivity index (χ2n) is 5.84. The molecule has 0 aliphatic heterocycles. The predicted octanol–water partition coefficient (Wildman–Crippen LogP) is 5.64. The van der Waals surface area contributed by atoms with Crippen molar-refractivity contribution in [3.63, 3.8) is 0 Å². The van der Waals surface area contributed by atoms with Gasteiger partial charge >= 0.3 is 5.97 Å². The van der Waals surface area contributed by atoms with E-state index in [0.29, 0.717) is 45.1 Å². The fourth-order valence-corrected chi connectivity index (χ4v) is 2.74. The normalized spacial score (nSPS) is 9.97. The van der Waals surface area contributed by atoms with Gasteiger partial charge in [-0.25, -0.2) is 0 Å². The van der Waals surface area contributed by atoms with Gasteiger partial charge in [0.25, 0.3) is 0 Å². The summed E-state index contributed by atoms with van der Waals surface area (Å²) >= 11 is 3.30. The molecule has 0 atom stereocenters. The van der Waals surface area contributed by atoms with E-state index in [0.717, 1.165) is 0 Å². The molecule has 29 heavy (non-hydrogen) atoms. The summed E-state index contributed by atoms with van der Waals surface area (Å²) in [6.07, 6.45) is 0.660. The molecule has 0 amide bonds. The standard InChI is InChI=1S/C22H14BrNO5/c1-14(26)27-22-11-19(6-8-20(22)23)29-21-9-7-18(10-16(21)13-25)28-17-4-2-15(12-24)3-5-17/h2-11,13H,1H3. The second-order valence-corrected chi connectivity index (χ2v) is 6.70. The van der Waals surface area contributed by atoms with Gasteiger partial charge in [-0.05, 0) is 70.5 Å². The van der Waals surface area contributed by atoms with Gasteiger partial charge in [0.15, 0.2) is 6.29 Å². The van der Waals surface area contributed by atoms with Crippen molar-refractivity contribution in [2.45, 2.75) is 6.92 Å². The molecule has 0 saturated heterocycles. The molecule has 144 valence electrons. The zero-order chi connectivity index (χ0) is 20.8. The van der Waals surface area contributed by atoms with Crippen molar-refractivity contribution in [1.82, 2.24) is 0 Å². The monoisotopic (exact) mass is 451 g/mol. The minimum Gasteiger partial charge on any atom is -0.457 e. The zero-order valence-corrected chi connectivity index (χ0v) is 16.8. The average Bonchev–Trinajstić information content (AvgIpc) is 2.71. The third-order valence-corrected chi connectivity index (χ3v) is 4.37. The Bertz CT molecular complexity index is 1100. The molecule has 7 heteroatoms. The van der Waals surface area contributed by atoms with E-state index in [-0.39, 0.29) is 5.56 Å². The maximum Gasteiger partial charge on any atom is 0.308 e. The number of nitrogens with zero attached hydrogens (tertiary/aromatic N) is 1. The fraction of sp³-hybridized carbons (Fsp3) is 0.0455. The van der Waals surface area contributed by atoms with Gasteiger partial charge in [-0.3, -0.25) is 9.59 Å². The largest absolute Gasteiger partial charge is 0.457 e. The summed E-state index contributed by atoms with van der Waals surface area (Å²) in [4.78, 5) is 22.7. The number of rotatable bonds is 6. The lowest BCUT2D eigenvalue weighted by atomic mass is 10.2. The van der Waals surface area contributed by atoms with Crippen LogP contribution in [0.1, 0.15) is 22.8 Å². The highest BCUT2D eigenvalue weighted by atomic mass is 79.9. The molecule has 0 N–H and O–H groups in total. The Hall–Kier alpha value is -3.63. The van der Waals surface area contributed by atoms with E-state index in [1.54, 1.807) is 60.7 Å². The lowest BCUT2D eigenvalue weighted by molar-refractivity contribution is -0.131. The number of hydrogen-bond donors (Lipinski definition) is 0. The highest BCUT2D eigenvalue weighted by molar-refractivity contribution is 9.10. The summed E-state index contributed by atoms with van der Waals surface area (Å²) in [5.41, 5.74) is 0.811. The Balaban J connectivity index is 1.81. The molecule has 3 aromatic rings. The maximum atomic E-state index is 11.5. The van der Waals surface area contributed by atoms with Crippen molar-refractivity contribution >= 4 is 28.2 Å². The van der Waals surface area contributed by atoms with Crippen LogP contribution in [0.2, 0.25) is 0 Å². The highest BCUT2D eigenvalue weighted by Gasteiger charge is 2.11. The minimum absolute atomic E-state index is 0.285. The van der Waals surface area contributed by atoms with Gasteiger partial charge in [-0.2, -0.15) is 5.26 Å². The van der Waals surface area contributed by atoms with Crippen LogP contribution in [-0.4, -0.2) is 12.3 Å². The molecule has 0 saturated carbocycles. The Labute approximate surface area is 175 Å². The first-order valence-electron chi connectivity index (χ1n) is 8.41. The van der Waals surface area contributed by atoms with Crippen molar-refractivity contribution in [2.24, 2.45) is 0 Å². The number of esters is 1. The molecule has 3 aromatic carbocycles. The molecule has 0 unspecified atom stereocenters. The minimum atomic E-state index is -0.458. The summed E-state index contributed by atoms with van der Waals surface area (Å²) in [6.45, 7) is 1.30. The van der Waals surface area contributed by atoms with Gasteiger partial charge in [-0.15, -0.1) is 0 Å². The Morgan fingerprint density at radius 2 is 1.59 bits per heavy atom. The van der Waals surface area contributed by atoms with Crippen molar-refractivity contribution < 1.29 is 23.8 Å².